The van der Waals surface area contributed by atoms with Gasteiger partial charge in [-0.15, -0.1) is 0 Å². The molecule has 0 aliphatic carbocycles. The zero-order valence-corrected chi connectivity index (χ0v) is 8.26. The van der Waals surface area contributed by atoms with E-state index < -0.39 is 5.78 Å². The van der Waals surface area contributed by atoms with Crippen molar-refractivity contribution in [3.05, 3.63) is 17.8 Å². The summed E-state index contributed by atoms with van der Waals surface area (Å²) in [7, 11) is 1.77. The third-order valence-corrected chi connectivity index (χ3v) is 2.22. The molecule has 0 radical (unpaired) electrons. The maximum absolute atomic E-state index is 11.3. The fraction of sp³-hybridized carbons (Fsp3) is 0.222. The summed E-state index contributed by atoms with van der Waals surface area (Å²) in [6.07, 6.45) is 1.57. The molecule has 0 aromatic carbocycles. The number of carbonyl (C=O) groups is 2. The van der Waals surface area contributed by atoms with Crippen molar-refractivity contribution in [2.75, 3.05) is 0 Å². The number of hydrogen-bond donors (Lipinski definition) is 0. The van der Waals surface area contributed by atoms with Crippen molar-refractivity contribution in [2.45, 2.75) is 6.92 Å². The number of Topliss-reactive ketones (excluding diaryl/α,β-unsaturated/α-hetero) is 1. The van der Waals surface area contributed by atoms with Crippen molar-refractivity contribution in [1.29, 1.82) is 0 Å². The lowest BCUT2D eigenvalue weighted by Crippen LogP contribution is -2.14. The molecule has 0 amide bonds. The Kier molecular flexibility index (Phi) is 2.03. The van der Waals surface area contributed by atoms with E-state index in [-0.39, 0.29) is 12.0 Å². The first kappa shape index (κ1) is 9.45. The number of imidazole rings is 1. The molecule has 0 spiro atoms. The van der Waals surface area contributed by atoms with Crippen LogP contribution in [0.1, 0.15) is 16.3 Å². The number of ketones is 1. The molecule has 2 heterocycles. The summed E-state index contributed by atoms with van der Waals surface area (Å²) in [5.41, 5.74) is 0.424. The highest BCUT2D eigenvalue weighted by atomic mass is 16.2. The van der Waals surface area contributed by atoms with E-state index >= 15 is 0 Å². The first-order valence-electron chi connectivity index (χ1n) is 4.28. The molecule has 76 valence electrons. The van der Waals surface area contributed by atoms with Gasteiger partial charge in [0, 0.05) is 7.05 Å². The van der Waals surface area contributed by atoms with Crippen LogP contribution >= 0.6 is 0 Å². The molecule has 0 N–H and O–H groups in total. The van der Waals surface area contributed by atoms with E-state index in [1.807, 2.05) is 0 Å². The number of aldehydes is 1. The summed E-state index contributed by atoms with van der Waals surface area (Å²) in [6, 6.07) is 0. The van der Waals surface area contributed by atoms with E-state index in [4.69, 9.17) is 0 Å². The highest BCUT2D eigenvalue weighted by Gasteiger charge is 2.21. The van der Waals surface area contributed by atoms with Gasteiger partial charge in [0.05, 0.1) is 0 Å². The van der Waals surface area contributed by atoms with Gasteiger partial charge in [-0.3, -0.25) is 9.59 Å². The summed E-state index contributed by atoms with van der Waals surface area (Å²) in [4.78, 5) is 33.6. The first-order chi connectivity index (χ1) is 7.15. The largest absolute Gasteiger partial charge is 0.316 e. The molecule has 15 heavy (non-hydrogen) atoms. The summed E-state index contributed by atoms with van der Waals surface area (Å²) in [5, 5.41) is 0. The minimum absolute atomic E-state index is 0.0631. The Bertz CT molecular complexity index is 517. The van der Waals surface area contributed by atoms with E-state index in [2.05, 4.69) is 15.0 Å². The number of rotatable bonds is 2. The van der Waals surface area contributed by atoms with Crippen LogP contribution in [0.4, 0.5) is 0 Å². The van der Waals surface area contributed by atoms with Crippen LogP contribution in [-0.4, -0.2) is 31.6 Å². The van der Waals surface area contributed by atoms with Gasteiger partial charge in [-0.05, 0) is 6.92 Å². The SMILES string of the molecule is Cc1nc(C(=O)C=O)c2ncnc-2n1C. The van der Waals surface area contributed by atoms with E-state index in [1.165, 1.54) is 6.33 Å². The second kappa shape index (κ2) is 3.23. The molecule has 0 saturated carbocycles. The number of aryl methyl sites for hydroxylation is 1. The van der Waals surface area contributed by atoms with Crippen LogP contribution in [0.15, 0.2) is 6.33 Å². The van der Waals surface area contributed by atoms with Gasteiger partial charge in [-0.25, -0.2) is 15.0 Å². The fourth-order valence-corrected chi connectivity index (χ4v) is 1.34. The number of carbonyl (C=O) groups excluding carboxylic acids is 2. The Labute approximate surface area is 85.3 Å². The van der Waals surface area contributed by atoms with Crippen molar-refractivity contribution in [1.82, 2.24) is 19.5 Å². The maximum Gasteiger partial charge on any atom is 0.246 e. The Morgan fingerprint density at radius 2 is 2.20 bits per heavy atom. The maximum atomic E-state index is 11.3. The van der Waals surface area contributed by atoms with Crippen LogP contribution < -0.4 is 0 Å². The second-order valence-corrected chi connectivity index (χ2v) is 3.09. The molecule has 0 aromatic rings. The van der Waals surface area contributed by atoms with E-state index in [9.17, 15) is 9.59 Å². The molecule has 0 fully saturated rings. The molecule has 2 aliphatic heterocycles. The Balaban J connectivity index is 2.77. The van der Waals surface area contributed by atoms with Gasteiger partial charge in [0.2, 0.25) is 5.78 Å². The number of nitrogens with zero attached hydrogens (tertiary/aromatic N) is 4. The molecular formula is C9H8N4O2. The average molecular weight is 204 g/mol. The molecule has 6 heteroatoms. The predicted octanol–water partition coefficient (Wildman–Crippen LogP) is 0.00492. The van der Waals surface area contributed by atoms with E-state index in [1.54, 1.807) is 18.5 Å². The quantitative estimate of drug-likeness (QED) is 0.391. The lowest BCUT2D eigenvalue weighted by Gasteiger charge is -2.10. The molecule has 0 aromatic heterocycles. The van der Waals surface area contributed by atoms with Crippen molar-refractivity contribution in [3.8, 4) is 11.5 Å². The van der Waals surface area contributed by atoms with Crippen molar-refractivity contribution < 1.29 is 9.59 Å². The summed E-state index contributed by atoms with van der Waals surface area (Å²) < 4.78 is 1.71. The highest BCUT2D eigenvalue weighted by Crippen LogP contribution is 2.20. The van der Waals surface area contributed by atoms with Gasteiger partial charge in [0.15, 0.2) is 12.1 Å². The molecular weight excluding hydrogens is 196 g/mol. The Morgan fingerprint density at radius 1 is 1.47 bits per heavy atom. The number of hydrogen-bond acceptors (Lipinski definition) is 5. The van der Waals surface area contributed by atoms with Crippen molar-refractivity contribution >= 4 is 12.1 Å². The van der Waals surface area contributed by atoms with Gasteiger partial charge in [-0.1, -0.05) is 0 Å². The van der Waals surface area contributed by atoms with Crippen LogP contribution in [0.25, 0.3) is 11.5 Å². The normalized spacial score (nSPS) is 10.5. The minimum Gasteiger partial charge on any atom is -0.316 e. The lowest BCUT2D eigenvalue weighted by molar-refractivity contribution is -0.104. The topological polar surface area (TPSA) is 77.7 Å². The van der Waals surface area contributed by atoms with Crippen LogP contribution in [0.5, 0.6) is 0 Å². The average Bonchev–Trinajstić information content (AvgIpc) is 2.71. The number of fused-ring (bicyclic) bond motifs is 1. The Morgan fingerprint density at radius 3 is 2.87 bits per heavy atom. The van der Waals surface area contributed by atoms with Crippen LogP contribution in [0, 0.1) is 6.92 Å². The molecule has 0 saturated heterocycles. The smallest absolute Gasteiger partial charge is 0.246 e. The van der Waals surface area contributed by atoms with Gasteiger partial charge in [0.25, 0.3) is 0 Å². The van der Waals surface area contributed by atoms with E-state index in [0.29, 0.717) is 17.3 Å². The molecule has 2 rings (SSSR count). The van der Waals surface area contributed by atoms with Crippen LogP contribution in [0.3, 0.4) is 0 Å². The van der Waals surface area contributed by atoms with Crippen LogP contribution in [-0.2, 0) is 11.8 Å². The highest BCUT2D eigenvalue weighted by molar-refractivity contribution is 6.33. The summed E-state index contributed by atoms with van der Waals surface area (Å²) in [5.74, 6) is 0.477. The first-order valence-corrected chi connectivity index (χ1v) is 4.28. The zero-order chi connectivity index (χ0) is 11.0. The standard InChI is InChI=1S/C9H8N4O2/c1-5-12-7(6(15)3-14)8-9(13(5)2)11-4-10-8/h3-4H,1-2H3. The van der Waals surface area contributed by atoms with Gasteiger partial charge >= 0.3 is 0 Å². The predicted molar refractivity (Wildman–Crippen MR) is 50.6 cm³/mol. The van der Waals surface area contributed by atoms with Gasteiger partial charge < -0.3 is 4.57 Å². The van der Waals surface area contributed by atoms with Crippen molar-refractivity contribution in [2.24, 2.45) is 7.05 Å². The Hall–Kier alpha value is -2.11. The van der Waals surface area contributed by atoms with Gasteiger partial charge in [0.1, 0.15) is 23.5 Å². The molecule has 6 nitrogen and oxygen atoms in total. The zero-order valence-electron chi connectivity index (χ0n) is 8.26. The fourth-order valence-electron chi connectivity index (χ4n) is 1.34. The summed E-state index contributed by atoms with van der Waals surface area (Å²) in [6.45, 7) is 1.73. The van der Waals surface area contributed by atoms with Crippen molar-refractivity contribution in [3.63, 3.8) is 0 Å². The molecule has 0 unspecified atom stereocenters. The monoisotopic (exact) mass is 204 g/mol. The van der Waals surface area contributed by atoms with E-state index in [0.717, 1.165) is 0 Å². The third kappa shape index (κ3) is 1.30. The van der Waals surface area contributed by atoms with Crippen LogP contribution in [0.2, 0.25) is 0 Å². The second-order valence-electron chi connectivity index (χ2n) is 3.09. The number of aromatic nitrogens is 4. The van der Waals surface area contributed by atoms with Gasteiger partial charge in [-0.2, -0.15) is 0 Å². The third-order valence-electron chi connectivity index (χ3n) is 2.22. The summed E-state index contributed by atoms with van der Waals surface area (Å²) >= 11 is 0. The molecule has 0 atom stereocenters. The molecule has 2 aliphatic rings. The molecule has 0 bridgehead atoms. The minimum atomic E-state index is -0.677. The lowest BCUT2D eigenvalue weighted by atomic mass is 10.2.